The maximum Gasteiger partial charge on any atom is 0.324 e. The van der Waals surface area contributed by atoms with E-state index in [1.54, 1.807) is 6.92 Å². The Balaban J connectivity index is 5.09. The zero-order valence-corrected chi connectivity index (χ0v) is 52.6. The van der Waals surface area contributed by atoms with Gasteiger partial charge in [-0.2, -0.15) is 0 Å². The number of hydrogen-bond acceptors (Lipinski definition) is 11. The zero-order valence-electron chi connectivity index (χ0n) is 52.6. The van der Waals surface area contributed by atoms with Crippen LogP contribution in [0.3, 0.4) is 0 Å². The number of carbonyl (C=O) groups is 6. The topological polar surface area (TPSA) is 158 Å². The standard InChI is InChI=1S/C66H125N3O10/c1-8-13-17-21-25-27-31-35-44-58(42-33-29-23-19-15-10-3)56-78-63(72)48-39-37-46-61(70)76-54-50-60(65(74)69(12-5)66(75)67-52-41-53-68(6)7)51-55-77-62(71)47-38-40-49-64(73)79-57-59(43-34-30-24-20-16-11-4)45-36-32-28-26-22-18-14-9-2/h58-60H,8-57H2,1-7H3,(H,67,75). The van der Waals surface area contributed by atoms with Gasteiger partial charge in [-0.1, -0.05) is 207 Å². The quantitative estimate of drug-likeness (QED) is 0.0351. The van der Waals surface area contributed by atoms with E-state index in [1.165, 1.54) is 185 Å². The first-order chi connectivity index (χ1) is 38.4. The van der Waals surface area contributed by atoms with Crippen LogP contribution in [0.5, 0.6) is 0 Å². The number of amides is 3. The fourth-order valence-corrected chi connectivity index (χ4v) is 10.3. The van der Waals surface area contributed by atoms with E-state index in [1.807, 2.05) is 19.0 Å². The second-order valence-corrected chi connectivity index (χ2v) is 23.3. The molecule has 0 aliphatic rings. The summed E-state index contributed by atoms with van der Waals surface area (Å²) in [5.41, 5.74) is 0. The van der Waals surface area contributed by atoms with Crippen molar-refractivity contribution in [3.63, 3.8) is 0 Å². The Morgan fingerprint density at radius 3 is 0.975 bits per heavy atom. The highest BCUT2D eigenvalue weighted by atomic mass is 16.5. The van der Waals surface area contributed by atoms with Crippen LogP contribution in [0.1, 0.15) is 311 Å². The fraction of sp³-hybridized carbons (Fsp3) is 0.909. The van der Waals surface area contributed by atoms with Gasteiger partial charge in [-0.15, -0.1) is 0 Å². The molecule has 0 heterocycles. The lowest BCUT2D eigenvalue weighted by molar-refractivity contribution is -0.148. The molecule has 79 heavy (non-hydrogen) atoms. The minimum absolute atomic E-state index is 0.0405. The van der Waals surface area contributed by atoms with Crippen molar-refractivity contribution in [1.29, 1.82) is 0 Å². The van der Waals surface area contributed by atoms with Gasteiger partial charge in [-0.05, 0) is 110 Å². The Hall–Kier alpha value is -3.22. The minimum Gasteiger partial charge on any atom is -0.466 e. The Kier molecular flexibility index (Phi) is 54.3. The van der Waals surface area contributed by atoms with Crippen LogP contribution < -0.4 is 5.32 Å². The van der Waals surface area contributed by atoms with Crippen LogP contribution in [-0.2, 0) is 42.9 Å². The van der Waals surface area contributed by atoms with E-state index in [-0.39, 0.29) is 70.2 Å². The second kappa shape index (κ2) is 56.6. The van der Waals surface area contributed by atoms with Crippen molar-refractivity contribution in [3.05, 3.63) is 0 Å². The third-order valence-electron chi connectivity index (χ3n) is 15.5. The molecule has 0 saturated carbocycles. The molecule has 0 aromatic rings. The second-order valence-electron chi connectivity index (χ2n) is 23.3. The van der Waals surface area contributed by atoms with Crippen molar-refractivity contribution in [2.45, 2.75) is 311 Å². The summed E-state index contributed by atoms with van der Waals surface area (Å²) >= 11 is 0. The van der Waals surface area contributed by atoms with Crippen molar-refractivity contribution in [2.75, 3.05) is 60.2 Å². The predicted molar refractivity (Wildman–Crippen MR) is 325 cm³/mol. The molecule has 0 bridgehead atoms. The van der Waals surface area contributed by atoms with Crippen LogP contribution >= 0.6 is 0 Å². The molecule has 0 fully saturated rings. The monoisotopic (exact) mass is 1120 g/mol. The molecule has 0 radical (unpaired) electrons. The molecule has 0 saturated heterocycles. The molecular weight excluding hydrogens is 995 g/mol. The first-order valence-corrected chi connectivity index (χ1v) is 33.3. The summed E-state index contributed by atoms with van der Waals surface area (Å²) in [7, 11) is 3.91. The lowest BCUT2D eigenvalue weighted by Crippen LogP contribution is -2.47. The number of nitrogens with zero attached hydrogens (tertiary/aromatic N) is 2. The van der Waals surface area contributed by atoms with Crippen LogP contribution in [-0.4, -0.2) is 106 Å². The Bertz CT molecular complexity index is 1380. The van der Waals surface area contributed by atoms with Gasteiger partial charge in [0, 0.05) is 44.7 Å². The molecule has 0 aromatic carbocycles. The summed E-state index contributed by atoms with van der Waals surface area (Å²) in [5.74, 6) is -1.65. The minimum atomic E-state index is -0.738. The number of urea groups is 1. The number of rotatable bonds is 58. The molecule has 0 aliphatic heterocycles. The lowest BCUT2D eigenvalue weighted by atomic mass is 9.94. The first-order valence-electron chi connectivity index (χ1n) is 33.3. The van der Waals surface area contributed by atoms with E-state index in [9.17, 15) is 28.8 Å². The summed E-state index contributed by atoms with van der Waals surface area (Å²) < 4.78 is 22.7. The average Bonchev–Trinajstić information content (AvgIpc) is 3.43. The van der Waals surface area contributed by atoms with E-state index >= 15 is 0 Å². The number of carbonyl (C=O) groups excluding carboxylic acids is 6. The Labute approximate surface area is 485 Å². The van der Waals surface area contributed by atoms with Crippen LogP contribution in [0.25, 0.3) is 0 Å². The number of imide groups is 1. The Morgan fingerprint density at radius 1 is 0.367 bits per heavy atom. The smallest absolute Gasteiger partial charge is 0.324 e. The van der Waals surface area contributed by atoms with E-state index in [0.29, 0.717) is 57.3 Å². The highest BCUT2D eigenvalue weighted by molar-refractivity contribution is 5.95. The summed E-state index contributed by atoms with van der Waals surface area (Å²) in [5, 5.41) is 2.84. The van der Waals surface area contributed by atoms with Gasteiger partial charge in [-0.25, -0.2) is 4.79 Å². The SMILES string of the molecule is CCCCCCCCCCC(CCCCCCCC)COC(=O)CCCCC(=O)OCCC(CCOC(=O)CCCCC(=O)OCC(CCCCCCCC)CCCCCCCCCC)C(=O)N(CC)C(=O)NCCCN(C)C. The molecule has 464 valence electrons. The largest absolute Gasteiger partial charge is 0.466 e. The molecule has 13 heteroatoms. The van der Waals surface area contributed by atoms with Crippen LogP contribution in [0.4, 0.5) is 4.79 Å². The summed E-state index contributed by atoms with van der Waals surface area (Å²) in [4.78, 5) is 81.5. The van der Waals surface area contributed by atoms with Gasteiger partial charge in [0.05, 0.1) is 26.4 Å². The first kappa shape index (κ1) is 75.8. The van der Waals surface area contributed by atoms with Crippen molar-refractivity contribution < 1.29 is 47.7 Å². The van der Waals surface area contributed by atoms with E-state index in [4.69, 9.17) is 18.9 Å². The van der Waals surface area contributed by atoms with Gasteiger partial charge >= 0.3 is 29.9 Å². The van der Waals surface area contributed by atoms with Crippen LogP contribution in [0, 0.1) is 17.8 Å². The molecule has 0 rings (SSSR count). The number of esters is 4. The van der Waals surface area contributed by atoms with Gasteiger partial charge < -0.3 is 29.2 Å². The number of nitrogens with one attached hydrogen (secondary N) is 1. The molecule has 0 spiro atoms. The molecule has 0 aliphatic carbocycles. The van der Waals surface area contributed by atoms with Crippen molar-refractivity contribution in [1.82, 2.24) is 15.1 Å². The third kappa shape index (κ3) is 49.1. The van der Waals surface area contributed by atoms with E-state index < -0.39 is 29.8 Å². The third-order valence-corrected chi connectivity index (χ3v) is 15.5. The van der Waals surface area contributed by atoms with Gasteiger partial charge in [0.15, 0.2) is 0 Å². The van der Waals surface area contributed by atoms with Gasteiger partial charge in [0.25, 0.3) is 0 Å². The van der Waals surface area contributed by atoms with Gasteiger partial charge in [0.1, 0.15) is 0 Å². The molecule has 2 atom stereocenters. The lowest BCUT2D eigenvalue weighted by Gasteiger charge is -2.25. The molecule has 13 nitrogen and oxygen atoms in total. The maximum atomic E-state index is 13.9. The normalized spacial score (nSPS) is 12.5. The maximum absolute atomic E-state index is 13.9. The Morgan fingerprint density at radius 2 is 0.671 bits per heavy atom. The molecular formula is C66H125N3O10. The summed E-state index contributed by atoms with van der Waals surface area (Å²) in [6, 6.07) is -0.490. The van der Waals surface area contributed by atoms with Crippen molar-refractivity contribution >= 4 is 35.8 Å². The van der Waals surface area contributed by atoms with Crippen LogP contribution in [0.2, 0.25) is 0 Å². The van der Waals surface area contributed by atoms with Crippen molar-refractivity contribution in [3.8, 4) is 0 Å². The van der Waals surface area contributed by atoms with Crippen LogP contribution in [0.15, 0.2) is 0 Å². The molecule has 2 unspecified atom stereocenters. The predicted octanol–water partition coefficient (Wildman–Crippen LogP) is 17.0. The molecule has 0 aromatic heterocycles. The molecule has 1 N–H and O–H groups in total. The highest BCUT2D eigenvalue weighted by Crippen LogP contribution is 2.23. The van der Waals surface area contributed by atoms with E-state index in [2.05, 4.69) is 33.0 Å². The van der Waals surface area contributed by atoms with Gasteiger partial charge in [-0.3, -0.25) is 28.9 Å². The number of unbranched alkanes of at least 4 members (excludes halogenated alkanes) is 26. The number of hydrogen-bond donors (Lipinski definition) is 1. The van der Waals surface area contributed by atoms with Crippen molar-refractivity contribution in [2.24, 2.45) is 17.8 Å². The summed E-state index contributed by atoms with van der Waals surface area (Å²) in [6.07, 6.45) is 43.7. The summed E-state index contributed by atoms with van der Waals surface area (Å²) in [6.45, 7) is 12.9. The number of ether oxygens (including phenoxy) is 4. The zero-order chi connectivity index (χ0) is 58.2. The van der Waals surface area contributed by atoms with E-state index in [0.717, 1.165) is 38.6 Å². The molecule has 3 amide bonds. The average molecular weight is 1120 g/mol. The van der Waals surface area contributed by atoms with Gasteiger partial charge in [0.2, 0.25) is 5.91 Å². The fourth-order valence-electron chi connectivity index (χ4n) is 10.3. The highest BCUT2D eigenvalue weighted by Gasteiger charge is 2.28.